The normalized spacial score (nSPS) is 12.1. The molecule has 6 heteroatoms. The smallest absolute Gasteiger partial charge is 0.269 e. The van der Waals surface area contributed by atoms with Crippen LogP contribution in [0.4, 0.5) is 11.4 Å². The molecule has 2 aromatic carbocycles. The predicted molar refractivity (Wildman–Crippen MR) is 78.8 cm³/mol. The summed E-state index contributed by atoms with van der Waals surface area (Å²) in [6, 6.07) is 11.3. The van der Waals surface area contributed by atoms with Crippen molar-refractivity contribution >= 4 is 22.2 Å². The van der Waals surface area contributed by atoms with Gasteiger partial charge < -0.3 is 5.73 Å². The Bertz CT molecular complexity index is 669. The third-order valence-corrected chi connectivity index (χ3v) is 4.43. The van der Waals surface area contributed by atoms with Crippen LogP contribution in [0, 0.1) is 17.0 Å². The van der Waals surface area contributed by atoms with Crippen LogP contribution in [0.5, 0.6) is 0 Å². The fourth-order valence-electron chi connectivity index (χ4n) is 1.87. The molecule has 0 aromatic heterocycles. The van der Waals surface area contributed by atoms with Gasteiger partial charge in [-0.2, -0.15) is 0 Å². The number of anilines is 1. The molecule has 104 valence electrons. The van der Waals surface area contributed by atoms with Crippen molar-refractivity contribution in [2.45, 2.75) is 17.6 Å². The van der Waals surface area contributed by atoms with Gasteiger partial charge in [-0.25, -0.2) is 0 Å². The number of nitrogen functional groups attached to an aromatic ring is 1. The van der Waals surface area contributed by atoms with Crippen molar-refractivity contribution in [1.82, 2.24) is 0 Å². The summed E-state index contributed by atoms with van der Waals surface area (Å²) in [5, 5.41) is 10.6. The monoisotopic (exact) mass is 290 g/mol. The lowest BCUT2D eigenvalue weighted by molar-refractivity contribution is -0.384. The second-order valence-corrected chi connectivity index (χ2v) is 5.86. The van der Waals surface area contributed by atoms with E-state index in [0.717, 1.165) is 16.0 Å². The Kier molecular flexibility index (Phi) is 4.14. The molecule has 0 aliphatic heterocycles. The Labute approximate surface area is 119 Å². The molecule has 0 spiro atoms. The van der Waals surface area contributed by atoms with Crippen LogP contribution in [0.3, 0.4) is 0 Å². The Balaban J connectivity index is 2.17. The molecule has 2 rings (SSSR count). The largest absolute Gasteiger partial charge is 0.399 e. The minimum Gasteiger partial charge on any atom is -0.399 e. The molecule has 2 N–H and O–H groups in total. The van der Waals surface area contributed by atoms with Gasteiger partial charge in [0.15, 0.2) is 0 Å². The van der Waals surface area contributed by atoms with Crippen LogP contribution in [0.1, 0.15) is 11.1 Å². The zero-order chi connectivity index (χ0) is 14.7. The zero-order valence-electron chi connectivity index (χ0n) is 10.9. The molecule has 0 amide bonds. The van der Waals surface area contributed by atoms with E-state index in [2.05, 4.69) is 0 Å². The summed E-state index contributed by atoms with van der Waals surface area (Å²) in [5.74, 6) is 0.322. The summed E-state index contributed by atoms with van der Waals surface area (Å²) < 4.78 is 12.3. The Morgan fingerprint density at radius 1 is 1.20 bits per heavy atom. The average Bonchev–Trinajstić information content (AvgIpc) is 2.39. The summed E-state index contributed by atoms with van der Waals surface area (Å²) in [6.07, 6.45) is 0. The number of benzene rings is 2. The van der Waals surface area contributed by atoms with Gasteiger partial charge in [0, 0.05) is 22.7 Å². The third-order valence-electron chi connectivity index (χ3n) is 2.89. The van der Waals surface area contributed by atoms with E-state index >= 15 is 0 Å². The molecule has 1 atom stereocenters. The molecule has 20 heavy (non-hydrogen) atoms. The van der Waals surface area contributed by atoms with Gasteiger partial charge in [0.25, 0.3) is 5.69 Å². The zero-order valence-corrected chi connectivity index (χ0v) is 11.7. The van der Waals surface area contributed by atoms with Crippen LogP contribution >= 0.6 is 0 Å². The highest BCUT2D eigenvalue weighted by Gasteiger charge is 2.10. The predicted octanol–water partition coefficient (Wildman–Crippen LogP) is 2.79. The van der Waals surface area contributed by atoms with Crippen LogP contribution in [-0.2, 0) is 16.6 Å². The fraction of sp³-hybridized carbons (Fsp3) is 0.143. The number of hydrogen-bond donors (Lipinski definition) is 1. The average molecular weight is 290 g/mol. The van der Waals surface area contributed by atoms with Crippen molar-refractivity contribution in [3.05, 3.63) is 63.7 Å². The molecule has 0 fully saturated rings. The first-order valence-electron chi connectivity index (χ1n) is 5.95. The lowest BCUT2D eigenvalue weighted by Crippen LogP contribution is -2.00. The quantitative estimate of drug-likeness (QED) is 0.533. The van der Waals surface area contributed by atoms with Crippen molar-refractivity contribution in [2.24, 2.45) is 0 Å². The van der Waals surface area contributed by atoms with Gasteiger partial charge in [-0.1, -0.05) is 12.1 Å². The molecule has 0 aliphatic carbocycles. The maximum absolute atomic E-state index is 12.3. The number of rotatable bonds is 4. The standard InChI is InChI=1S/C14H14N2O3S/c1-10-8-12(15)4-7-14(10)20(19)9-11-2-5-13(6-3-11)16(17)18/h2-8H,9,15H2,1H3. The van der Waals surface area contributed by atoms with Crippen molar-refractivity contribution in [1.29, 1.82) is 0 Å². The number of non-ortho nitro benzene ring substituents is 1. The van der Waals surface area contributed by atoms with Gasteiger partial charge in [0.2, 0.25) is 0 Å². The van der Waals surface area contributed by atoms with Gasteiger partial charge in [-0.15, -0.1) is 0 Å². The van der Waals surface area contributed by atoms with E-state index in [4.69, 9.17) is 5.73 Å². The van der Waals surface area contributed by atoms with Crippen LogP contribution < -0.4 is 5.73 Å². The third kappa shape index (κ3) is 3.21. The van der Waals surface area contributed by atoms with E-state index in [0.29, 0.717) is 11.4 Å². The van der Waals surface area contributed by atoms with Crippen LogP contribution in [0.25, 0.3) is 0 Å². The SMILES string of the molecule is Cc1cc(N)ccc1S(=O)Cc1ccc([N+](=O)[O-])cc1. The maximum atomic E-state index is 12.3. The summed E-state index contributed by atoms with van der Waals surface area (Å²) in [6.45, 7) is 1.86. The van der Waals surface area contributed by atoms with E-state index in [1.54, 1.807) is 30.3 Å². The molecule has 0 aliphatic rings. The van der Waals surface area contributed by atoms with Crippen molar-refractivity contribution in [3.8, 4) is 0 Å². The van der Waals surface area contributed by atoms with Crippen molar-refractivity contribution < 1.29 is 9.13 Å². The topological polar surface area (TPSA) is 86.2 Å². The second-order valence-electron chi connectivity index (χ2n) is 4.44. The summed E-state index contributed by atoms with van der Waals surface area (Å²) in [7, 11) is -1.20. The minimum absolute atomic E-state index is 0.0307. The number of hydrogen-bond acceptors (Lipinski definition) is 4. The molecular weight excluding hydrogens is 276 g/mol. The van der Waals surface area contributed by atoms with Crippen molar-refractivity contribution in [3.63, 3.8) is 0 Å². The second kappa shape index (κ2) is 5.83. The Morgan fingerprint density at radius 3 is 2.40 bits per heavy atom. The molecule has 1 unspecified atom stereocenters. The molecule has 0 heterocycles. The molecule has 0 bridgehead atoms. The molecule has 0 radical (unpaired) electrons. The first-order valence-corrected chi connectivity index (χ1v) is 7.27. The Hall–Kier alpha value is -2.21. The highest BCUT2D eigenvalue weighted by Crippen LogP contribution is 2.20. The molecule has 0 saturated carbocycles. The minimum atomic E-state index is -1.20. The van der Waals surface area contributed by atoms with Gasteiger partial charge >= 0.3 is 0 Å². The van der Waals surface area contributed by atoms with Crippen LogP contribution in [0.2, 0.25) is 0 Å². The molecular formula is C14H14N2O3S. The summed E-state index contributed by atoms with van der Waals surface area (Å²) in [5.41, 5.74) is 8.01. The maximum Gasteiger partial charge on any atom is 0.269 e. The number of nitrogens with two attached hydrogens (primary N) is 1. The van der Waals surface area contributed by atoms with Crippen molar-refractivity contribution in [2.75, 3.05) is 5.73 Å². The molecule has 2 aromatic rings. The number of nitro benzene ring substituents is 1. The number of aryl methyl sites for hydroxylation is 1. The van der Waals surface area contributed by atoms with Gasteiger partial charge in [0.1, 0.15) is 0 Å². The summed E-state index contributed by atoms with van der Waals surface area (Å²) >= 11 is 0. The molecule has 0 saturated heterocycles. The molecule has 5 nitrogen and oxygen atoms in total. The highest BCUT2D eigenvalue weighted by molar-refractivity contribution is 7.84. The fourth-order valence-corrected chi connectivity index (χ4v) is 3.16. The Morgan fingerprint density at radius 2 is 1.85 bits per heavy atom. The summed E-state index contributed by atoms with van der Waals surface area (Å²) in [4.78, 5) is 10.8. The number of nitro groups is 1. The van der Waals surface area contributed by atoms with Crippen LogP contribution in [-0.4, -0.2) is 9.13 Å². The van der Waals surface area contributed by atoms with Gasteiger partial charge in [0.05, 0.1) is 21.5 Å². The van der Waals surface area contributed by atoms with E-state index in [9.17, 15) is 14.3 Å². The van der Waals surface area contributed by atoms with E-state index < -0.39 is 15.7 Å². The van der Waals surface area contributed by atoms with E-state index in [1.807, 2.05) is 6.92 Å². The van der Waals surface area contributed by atoms with Gasteiger partial charge in [-0.3, -0.25) is 14.3 Å². The van der Waals surface area contributed by atoms with E-state index in [-0.39, 0.29) is 5.69 Å². The highest BCUT2D eigenvalue weighted by atomic mass is 32.2. The van der Waals surface area contributed by atoms with E-state index in [1.165, 1.54) is 12.1 Å². The first-order chi connectivity index (χ1) is 9.47. The number of nitrogens with zero attached hydrogens (tertiary/aromatic N) is 1. The van der Waals surface area contributed by atoms with Crippen LogP contribution in [0.15, 0.2) is 47.4 Å². The first kappa shape index (κ1) is 14.2. The lowest BCUT2D eigenvalue weighted by Gasteiger charge is -2.07. The van der Waals surface area contributed by atoms with Gasteiger partial charge in [-0.05, 0) is 36.2 Å². The lowest BCUT2D eigenvalue weighted by atomic mass is 10.2.